The van der Waals surface area contributed by atoms with Gasteiger partial charge in [0.25, 0.3) is 5.69 Å². The van der Waals surface area contributed by atoms with Gasteiger partial charge >= 0.3 is 0 Å². The molecule has 0 saturated carbocycles. The minimum absolute atomic E-state index is 0.0377. The molecule has 0 spiro atoms. The molecule has 1 aliphatic heterocycles. The van der Waals surface area contributed by atoms with E-state index in [-0.39, 0.29) is 29.7 Å². The van der Waals surface area contributed by atoms with Crippen LogP contribution in [0.1, 0.15) is 38.9 Å². The summed E-state index contributed by atoms with van der Waals surface area (Å²) in [5.74, 6) is 0.0377. The maximum absolute atomic E-state index is 12.0. The minimum atomic E-state index is -0.417. The van der Waals surface area contributed by atoms with Gasteiger partial charge in [0.05, 0.1) is 11.5 Å². The zero-order chi connectivity index (χ0) is 15.6. The average molecular weight is 291 g/mol. The highest BCUT2D eigenvalue weighted by atomic mass is 16.6. The summed E-state index contributed by atoms with van der Waals surface area (Å²) in [6.07, 6.45) is 0.603. The van der Waals surface area contributed by atoms with Gasteiger partial charge in [0, 0.05) is 18.7 Å². The quantitative estimate of drug-likeness (QED) is 0.683. The lowest BCUT2D eigenvalue weighted by atomic mass is 9.92. The molecule has 1 atom stereocenters. The van der Waals surface area contributed by atoms with Crippen molar-refractivity contribution >= 4 is 11.6 Å². The number of benzene rings is 1. The van der Waals surface area contributed by atoms with Crippen LogP contribution in [0.25, 0.3) is 0 Å². The first-order valence-electron chi connectivity index (χ1n) is 7.05. The molecule has 6 nitrogen and oxygen atoms in total. The number of nitrogens with one attached hydrogen (secondary N) is 1. The number of non-ortho nitro benzene ring substituents is 1. The zero-order valence-corrected chi connectivity index (χ0v) is 12.6. The van der Waals surface area contributed by atoms with E-state index in [1.54, 1.807) is 11.0 Å². The van der Waals surface area contributed by atoms with E-state index in [0.717, 1.165) is 12.0 Å². The Hall–Kier alpha value is -1.95. The first kappa shape index (κ1) is 15.4. The average Bonchev–Trinajstić information content (AvgIpc) is 2.77. The molecule has 1 aromatic carbocycles. The number of amides is 1. The molecule has 6 heteroatoms. The summed E-state index contributed by atoms with van der Waals surface area (Å²) in [6.45, 7) is 7.30. The molecule has 2 rings (SSSR count). The lowest BCUT2D eigenvalue weighted by molar-refractivity contribution is -0.385. The molecule has 21 heavy (non-hydrogen) atoms. The predicted octanol–water partition coefficient (Wildman–Crippen LogP) is 2.46. The zero-order valence-electron chi connectivity index (χ0n) is 12.6. The molecule has 114 valence electrons. The molecule has 1 fully saturated rings. The number of nitro groups is 1. The van der Waals surface area contributed by atoms with Gasteiger partial charge in [0.1, 0.15) is 6.17 Å². The van der Waals surface area contributed by atoms with Crippen LogP contribution >= 0.6 is 0 Å². The van der Waals surface area contributed by atoms with Crippen molar-refractivity contribution < 1.29 is 9.72 Å². The van der Waals surface area contributed by atoms with Gasteiger partial charge in [-0.05, 0) is 17.4 Å². The van der Waals surface area contributed by atoms with Gasteiger partial charge in [-0.15, -0.1) is 0 Å². The van der Waals surface area contributed by atoms with E-state index in [2.05, 4.69) is 26.1 Å². The summed E-state index contributed by atoms with van der Waals surface area (Å²) in [6, 6.07) is 6.45. The number of hydrogen-bond donors (Lipinski definition) is 1. The molecule has 1 saturated heterocycles. The van der Waals surface area contributed by atoms with Gasteiger partial charge in [-0.1, -0.05) is 32.9 Å². The lowest BCUT2D eigenvalue weighted by Gasteiger charge is -2.28. The van der Waals surface area contributed by atoms with Gasteiger partial charge in [0.15, 0.2) is 0 Å². The van der Waals surface area contributed by atoms with Gasteiger partial charge in [-0.25, -0.2) is 0 Å². The second-order valence-electron chi connectivity index (χ2n) is 6.53. The standard InChI is InChI=1S/C15H21N3O3/c1-15(2,3)7-8-17-13(19)10-16-14(17)11-5-4-6-12(9-11)18(20)21/h4-6,9,14,16H,7-8,10H2,1-3H3. The van der Waals surface area contributed by atoms with Crippen LogP contribution in [0, 0.1) is 15.5 Å². The van der Waals surface area contributed by atoms with Crippen molar-refractivity contribution in [2.24, 2.45) is 5.41 Å². The largest absolute Gasteiger partial charge is 0.322 e. The van der Waals surface area contributed by atoms with Gasteiger partial charge in [0.2, 0.25) is 5.91 Å². The van der Waals surface area contributed by atoms with Crippen molar-refractivity contribution in [1.82, 2.24) is 10.2 Å². The number of hydrogen-bond acceptors (Lipinski definition) is 4. The van der Waals surface area contributed by atoms with Gasteiger partial charge in [-0.2, -0.15) is 0 Å². The third kappa shape index (κ3) is 3.78. The third-order valence-corrected chi connectivity index (χ3v) is 3.58. The fourth-order valence-electron chi connectivity index (χ4n) is 2.36. The predicted molar refractivity (Wildman–Crippen MR) is 79.6 cm³/mol. The highest BCUT2D eigenvalue weighted by Crippen LogP contribution is 2.28. The van der Waals surface area contributed by atoms with E-state index < -0.39 is 4.92 Å². The number of rotatable bonds is 4. The summed E-state index contributed by atoms with van der Waals surface area (Å²) < 4.78 is 0. The number of carbonyl (C=O) groups is 1. The molecule has 1 heterocycles. The molecule has 1 aromatic rings. The van der Waals surface area contributed by atoms with E-state index in [9.17, 15) is 14.9 Å². The number of nitro benzene ring substituents is 1. The summed E-state index contributed by atoms with van der Waals surface area (Å²) in [5.41, 5.74) is 0.934. The van der Waals surface area contributed by atoms with Crippen LogP contribution in [0.3, 0.4) is 0 Å². The van der Waals surface area contributed by atoms with Crippen molar-refractivity contribution in [3.8, 4) is 0 Å². The number of carbonyl (C=O) groups excluding carboxylic acids is 1. The minimum Gasteiger partial charge on any atom is -0.322 e. The Morgan fingerprint density at radius 3 is 2.76 bits per heavy atom. The van der Waals surface area contributed by atoms with E-state index in [4.69, 9.17) is 0 Å². The Morgan fingerprint density at radius 1 is 1.43 bits per heavy atom. The molecule has 0 aromatic heterocycles. The van der Waals surface area contributed by atoms with E-state index in [1.807, 2.05) is 6.07 Å². The van der Waals surface area contributed by atoms with Crippen LogP contribution in [-0.2, 0) is 4.79 Å². The Balaban J connectivity index is 2.19. The van der Waals surface area contributed by atoms with Crippen LogP contribution in [0.5, 0.6) is 0 Å². The summed E-state index contributed by atoms with van der Waals surface area (Å²) >= 11 is 0. The van der Waals surface area contributed by atoms with Crippen molar-refractivity contribution in [3.63, 3.8) is 0 Å². The fraction of sp³-hybridized carbons (Fsp3) is 0.533. The van der Waals surface area contributed by atoms with Crippen molar-refractivity contribution in [2.45, 2.75) is 33.4 Å². The maximum atomic E-state index is 12.0. The molecule has 1 amide bonds. The first-order chi connectivity index (χ1) is 9.78. The van der Waals surface area contributed by atoms with Crippen molar-refractivity contribution in [3.05, 3.63) is 39.9 Å². The Morgan fingerprint density at radius 2 is 2.14 bits per heavy atom. The van der Waals surface area contributed by atoms with Crippen LogP contribution in [0.15, 0.2) is 24.3 Å². The Kier molecular flexibility index (Phi) is 4.27. The van der Waals surface area contributed by atoms with Crippen LogP contribution in [0.4, 0.5) is 5.69 Å². The van der Waals surface area contributed by atoms with Crippen LogP contribution in [-0.4, -0.2) is 28.8 Å². The van der Waals surface area contributed by atoms with Crippen LogP contribution < -0.4 is 5.32 Å². The Labute approximate surface area is 124 Å². The normalized spacial score (nSPS) is 19.1. The summed E-state index contributed by atoms with van der Waals surface area (Å²) in [7, 11) is 0. The Bertz CT molecular complexity index is 551. The molecular formula is C15H21N3O3. The second kappa shape index (κ2) is 5.81. The maximum Gasteiger partial charge on any atom is 0.269 e. The van der Waals surface area contributed by atoms with E-state index >= 15 is 0 Å². The molecule has 1 aliphatic rings. The monoisotopic (exact) mass is 291 g/mol. The highest BCUT2D eigenvalue weighted by Gasteiger charge is 2.32. The van der Waals surface area contributed by atoms with E-state index in [1.165, 1.54) is 12.1 Å². The molecule has 0 radical (unpaired) electrons. The second-order valence-corrected chi connectivity index (χ2v) is 6.53. The molecule has 0 bridgehead atoms. The molecule has 1 unspecified atom stereocenters. The fourth-order valence-corrected chi connectivity index (χ4v) is 2.36. The van der Waals surface area contributed by atoms with Gasteiger partial charge < -0.3 is 4.90 Å². The third-order valence-electron chi connectivity index (χ3n) is 3.58. The van der Waals surface area contributed by atoms with Gasteiger partial charge in [-0.3, -0.25) is 20.2 Å². The summed E-state index contributed by atoms with van der Waals surface area (Å²) in [5, 5.41) is 14.0. The van der Waals surface area contributed by atoms with Crippen molar-refractivity contribution in [2.75, 3.05) is 13.1 Å². The lowest BCUT2D eigenvalue weighted by Crippen LogP contribution is -2.33. The molecule has 0 aliphatic carbocycles. The molecular weight excluding hydrogens is 270 g/mol. The van der Waals surface area contributed by atoms with Crippen LogP contribution in [0.2, 0.25) is 0 Å². The first-order valence-corrected chi connectivity index (χ1v) is 7.05. The smallest absolute Gasteiger partial charge is 0.269 e. The van der Waals surface area contributed by atoms with E-state index in [0.29, 0.717) is 6.54 Å². The molecule has 1 N–H and O–H groups in total. The topological polar surface area (TPSA) is 75.5 Å². The summed E-state index contributed by atoms with van der Waals surface area (Å²) in [4.78, 5) is 24.3. The highest BCUT2D eigenvalue weighted by molar-refractivity contribution is 5.81. The SMILES string of the molecule is CC(C)(C)CCN1C(=O)CNC1c1cccc([N+](=O)[O-])c1. The number of nitrogens with zero attached hydrogens (tertiary/aromatic N) is 2. The van der Waals surface area contributed by atoms with Crippen molar-refractivity contribution in [1.29, 1.82) is 0 Å².